The van der Waals surface area contributed by atoms with Crippen LogP contribution in [0.4, 0.5) is 0 Å². The Morgan fingerprint density at radius 2 is 2.03 bits per heavy atom. The number of ether oxygens (including phenoxy) is 1. The van der Waals surface area contributed by atoms with Gasteiger partial charge in [0.15, 0.2) is 0 Å². The second kappa shape index (κ2) is 8.02. The van der Waals surface area contributed by atoms with Crippen LogP contribution in [0.25, 0.3) is 0 Å². The van der Waals surface area contributed by atoms with Crippen LogP contribution >= 0.6 is 0 Å². The predicted molar refractivity (Wildman–Crippen MR) is 105 cm³/mol. The van der Waals surface area contributed by atoms with Crippen molar-refractivity contribution in [1.82, 2.24) is 14.7 Å². The fourth-order valence-electron chi connectivity index (χ4n) is 5.18. The number of fused-ring (bicyclic) bond motifs is 2. The number of benzene rings is 1. The van der Waals surface area contributed by atoms with Crippen LogP contribution in [0.2, 0.25) is 0 Å². The maximum atomic E-state index is 12.2. The average molecular weight is 403 g/mol. The fraction of sp³-hybridized carbons (Fsp3) is 0.619. The third kappa shape index (κ3) is 3.90. The van der Waals surface area contributed by atoms with Gasteiger partial charge in [0.25, 0.3) is 0 Å². The summed E-state index contributed by atoms with van der Waals surface area (Å²) >= 11 is 0. The number of β-amino-alcohol motifs (C(OH)–C–C–N with tert-alkyl or cyclic N) is 1. The highest BCUT2D eigenvalue weighted by Gasteiger charge is 2.56. The van der Waals surface area contributed by atoms with Crippen LogP contribution in [0, 0.1) is 0 Å². The SMILES string of the molecule is COC(=O)c1cccc(CN2CC3CC(O)CN3C3(C2)CN(C(=O)CCO)C3)c1. The van der Waals surface area contributed by atoms with E-state index in [1.165, 1.54) is 7.11 Å². The minimum Gasteiger partial charge on any atom is -0.465 e. The van der Waals surface area contributed by atoms with Gasteiger partial charge in [0, 0.05) is 51.7 Å². The second-order valence-corrected chi connectivity index (χ2v) is 8.51. The molecule has 3 heterocycles. The average Bonchev–Trinajstić information content (AvgIpc) is 3.05. The number of rotatable bonds is 5. The van der Waals surface area contributed by atoms with E-state index in [0.29, 0.717) is 31.7 Å². The number of piperazine rings is 1. The predicted octanol–water partition coefficient (Wildman–Crippen LogP) is -0.313. The zero-order valence-corrected chi connectivity index (χ0v) is 16.8. The summed E-state index contributed by atoms with van der Waals surface area (Å²) in [6.07, 6.45) is 0.568. The van der Waals surface area contributed by atoms with E-state index in [0.717, 1.165) is 25.1 Å². The first kappa shape index (κ1) is 20.3. The van der Waals surface area contributed by atoms with Gasteiger partial charge in [0.2, 0.25) is 5.91 Å². The van der Waals surface area contributed by atoms with Crippen molar-refractivity contribution in [2.45, 2.75) is 37.1 Å². The normalized spacial score (nSPS) is 26.2. The van der Waals surface area contributed by atoms with Gasteiger partial charge in [-0.05, 0) is 24.1 Å². The van der Waals surface area contributed by atoms with Crippen LogP contribution in [0.5, 0.6) is 0 Å². The van der Waals surface area contributed by atoms with Gasteiger partial charge in [-0.2, -0.15) is 0 Å². The number of aliphatic hydroxyl groups excluding tert-OH is 2. The number of carbonyl (C=O) groups excluding carboxylic acids is 2. The molecule has 1 spiro atoms. The molecular formula is C21H29N3O5. The number of esters is 1. The molecule has 0 radical (unpaired) electrons. The quantitative estimate of drug-likeness (QED) is 0.652. The number of amides is 1. The Morgan fingerprint density at radius 1 is 1.24 bits per heavy atom. The van der Waals surface area contributed by atoms with Gasteiger partial charge in [-0.3, -0.25) is 14.6 Å². The maximum Gasteiger partial charge on any atom is 0.337 e. The Balaban J connectivity index is 1.48. The van der Waals surface area contributed by atoms with E-state index in [-0.39, 0.29) is 42.6 Å². The summed E-state index contributed by atoms with van der Waals surface area (Å²) in [5.41, 5.74) is 1.44. The number of aliphatic hydroxyl groups is 2. The zero-order chi connectivity index (χ0) is 20.6. The smallest absolute Gasteiger partial charge is 0.337 e. The molecule has 2 unspecified atom stereocenters. The highest BCUT2D eigenvalue weighted by atomic mass is 16.5. The van der Waals surface area contributed by atoms with Crippen LogP contribution in [0.3, 0.4) is 0 Å². The van der Waals surface area contributed by atoms with E-state index < -0.39 is 0 Å². The van der Waals surface area contributed by atoms with Gasteiger partial charge in [-0.25, -0.2) is 4.79 Å². The zero-order valence-electron chi connectivity index (χ0n) is 16.8. The lowest BCUT2D eigenvalue weighted by molar-refractivity contribution is -0.157. The molecule has 158 valence electrons. The van der Waals surface area contributed by atoms with Gasteiger partial charge in [0.1, 0.15) is 0 Å². The van der Waals surface area contributed by atoms with E-state index >= 15 is 0 Å². The lowest BCUT2D eigenvalue weighted by atomic mass is 9.83. The van der Waals surface area contributed by atoms with Crippen molar-refractivity contribution in [3.8, 4) is 0 Å². The summed E-state index contributed by atoms with van der Waals surface area (Å²) in [6.45, 7) is 4.15. The van der Waals surface area contributed by atoms with Crippen LogP contribution in [0.1, 0.15) is 28.8 Å². The topological polar surface area (TPSA) is 93.5 Å². The number of carbonyl (C=O) groups is 2. The summed E-state index contributed by atoms with van der Waals surface area (Å²) in [7, 11) is 1.38. The van der Waals surface area contributed by atoms with Crippen molar-refractivity contribution in [2.24, 2.45) is 0 Å². The summed E-state index contributed by atoms with van der Waals surface area (Å²) < 4.78 is 4.82. The minimum absolute atomic E-state index is 0.0164. The third-order valence-corrected chi connectivity index (χ3v) is 6.39. The van der Waals surface area contributed by atoms with E-state index in [9.17, 15) is 14.7 Å². The van der Waals surface area contributed by atoms with E-state index in [1.54, 1.807) is 11.0 Å². The Kier molecular flexibility index (Phi) is 5.61. The van der Waals surface area contributed by atoms with Crippen LogP contribution in [-0.2, 0) is 16.1 Å². The van der Waals surface area contributed by atoms with Crippen molar-refractivity contribution in [1.29, 1.82) is 0 Å². The van der Waals surface area contributed by atoms with Gasteiger partial charge in [-0.15, -0.1) is 0 Å². The van der Waals surface area contributed by atoms with E-state index in [2.05, 4.69) is 9.80 Å². The molecule has 2 atom stereocenters. The molecule has 1 aromatic rings. The Bertz CT molecular complexity index is 779. The number of nitrogens with zero attached hydrogens (tertiary/aromatic N) is 3. The number of methoxy groups -OCH3 is 1. The molecule has 0 bridgehead atoms. The van der Waals surface area contributed by atoms with Gasteiger partial charge < -0.3 is 19.8 Å². The molecule has 29 heavy (non-hydrogen) atoms. The van der Waals surface area contributed by atoms with Gasteiger partial charge in [-0.1, -0.05) is 12.1 Å². The minimum atomic E-state index is -0.343. The summed E-state index contributed by atoms with van der Waals surface area (Å²) in [6, 6.07) is 7.75. The molecule has 8 nitrogen and oxygen atoms in total. The van der Waals surface area contributed by atoms with E-state index in [4.69, 9.17) is 9.84 Å². The third-order valence-electron chi connectivity index (χ3n) is 6.39. The first-order valence-electron chi connectivity index (χ1n) is 10.2. The van der Waals surface area contributed by atoms with E-state index in [1.807, 2.05) is 18.2 Å². The number of hydrogen-bond donors (Lipinski definition) is 2. The summed E-state index contributed by atoms with van der Waals surface area (Å²) in [5.74, 6) is -0.360. The summed E-state index contributed by atoms with van der Waals surface area (Å²) in [5, 5.41) is 19.3. The molecule has 3 saturated heterocycles. The van der Waals surface area contributed by atoms with Crippen molar-refractivity contribution in [2.75, 3.05) is 46.4 Å². The number of hydrogen-bond acceptors (Lipinski definition) is 7. The molecule has 0 aliphatic carbocycles. The lowest BCUT2D eigenvalue weighted by Gasteiger charge is -2.61. The molecule has 0 saturated carbocycles. The molecule has 3 aliphatic rings. The molecular weight excluding hydrogens is 374 g/mol. The van der Waals surface area contributed by atoms with Crippen molar-refractivity contribution < 1.29 is 24.5 Å². The number of likely N-dealkylation sites (tertiary alicyclic amines) is 1. The first-order chi connectivity index (χ1) is 13.9. The molecule has 3 aliphatic heterocycles. The first-order valence-corrected chi connectivity index (χ1v) is 10.2. The van der Waals surface area contributed by atoms with Crippen LogP contribution in [-0.4, -0.2) is 101 Å². The molecule has 1 amide bonds. The molecule has 8 heteroatoms. The Labute approximate surface area is 170 Å². The Hall–Kier alpha value is -2.00. The second-order valence-electron chi connectivity index (χ2n) is 8.51. The van der Waals surface area contributed by atoms with Gasteiger partial charge >= 0.3 is 5.97 Å². The molecule has 2 N–H and O–H groups in total. The van der Waals surface area contributed by atoms with Gasteiger partial charge in [0.05, 0.1) is 30.9 Å². The standard InChI is InChI=1S/C21H29N3O5/c1-29-20(28)16-4-2-3-15(7-16)9-22-10-17-8-18(26)11-24(17)21(12-22)13-23(14-21)19(27)5-6-25/h2-4,7,17-18,25-26H,5-6,8-14H2,1H3. The van der Waals surface area contributed by atoms with Crippen molar-refractivity contribution in [3.63, 3.8) is 0 Å². The van der Waals surface area contributed by atoms with Crippen molar-refractivity contribution in [3.05, 3.63) is 35.4 Å². The molecule has 0 aromatic heterocycles. The monoisotopic (exact) mass is 403 g/mol. The highest BCUT2D eigenvalue weighted by molar-refractivity contribution is 5.89. The van der Waals surface area contributed by atoms with Crippen LogP contribution in [0.15, 0.2) is 24.3 Å². The molecule has 1 aromatic carbocycles. The Morgan fingerprint density at radius 3 is 2.76 bits per heavy atom. The molecule has 4 rings (SSSR count). The largest absolute Gasteiger partial charge is 0.465 e. The lowest BCUT2D eigenvalue weighted by Crippen LogP contribution is -2.78. The van der Waals surface area contributed by atoms with Crippen LogP contribution < -0.4 is 0 Å². The fourth-order valence-corrected chi connectivity index (χ4v) is 5.18. The van der Waals surface area contributed by atoms with Crippen molar-refractivity contribution >= 4 is 11.9 Å². The maximum absolute atomic E-state index is 12.2. The molecule has 3 fully saturated rings. The summed E-state index contributed by atoms with van der Waals surface area (Å²) in [4.78, 5) is 30.5. The highest BCUT2D eigenvalue weighted by Crippen LogP contribution is 2.39.